The lowest BCUT2D eigenvalue weighted by molar-refractivity contribution is -0.116. The molecule has 10 heteroatoms. The van der Waals surface area contributed by atoms with Crippen molar-refractivity contribution in [2.45, 2.75) is 20.4 Å². The molecule has 1 amide bonds. The maximum absolute atomic E-state index is 13.4. The number of aromatic nitrogens is 4. The Kier molecular flexibility index (Phi) is 6.53. The first-order chi connectivity index (χ1) is 18.3. The van der Waals surface area contributed by atoms with Crippen molar-refractivity contribution < 1.29 is 18.8 Å². The minimum atomic E-state index is -0.574. The third-order valence-corrected chi connectivity index (χ3v) is 5.95. The average Bonchev–Trinajstić information content (AvgIpc) is 3.40. The fraction of sp³-hybridized carbons (Fsp3) is 0.143. The van der Waals surface area contributed by atoms with Crippen LogP contribution in [0.2, 0.25) is 0 Å². The number of carbonyl (C=O) groups is 2. The maximum Gasteiger partial charge on any atom is 0.339 e. The van der Waals surface area contributed by atoms with E-state index in [9.17, 15) is 14.4 Å². The number of rotatable bonds is 6. The fourth-order valence-corrected chi connectivity index (χ4v) is 4.01. The lowest BCUT2D eigenvalue weighted by Gasteiger charge is -2.13. The van der Waals surface area contributed by atoms with Crippen LogP contribution in [-0.2, 0) is 16.1 Å². The van der Waals surface area contributed by atoms with Gasteiger partial charge < -0.3 is 19.1 Å². The number of fused-ring (bicyclic) bond motifs is 1. The van der Waals surface area contributed by atoms with Gasteiger partial charge in [0.15, 0.2) is 0 Å². The van der Waals surface area contributed by atoms with E-state index in [1.807, 2.05) is 31.2 Å². The predicted molar refractivity (Wildman–Crippen MR) is 141 cm³/mol. The molecular formula is C28H23N5O5. The second-order valence-electron chi connectivity index (χ2n) is 8.70. The molecule has 0 radical (unpaired) electrons. The van der Waals surface area contributed by atoms with Crippen LogP contribution in [0.1, 0.15) is 21.6 Å². The van der Waals surface area contributed by atoms with Crippen LogP contribution < -0.4 is 10.7 Å². The summed E-state index contributed by atoms with van der Waals surface area (Å²) < 4.78 is 11.8. The van der Waals surface area contributed by atoms with Crippen LogP contribution in [0.4, 0.5) is 5.69 Å². The molecule has 10 nitrogen and oxygen atoms in total. The first-order valence-corrected chi connectivity index (χ1v) is 11.7. The highest BCUT2D eigenvalue weighted by Gasteiger charge is 2.20. The van der Waals surface area contributed by atoms with Gasteiger partial charge in [-0.25, -0.2) is 9.78 Å². The molecule has 0 aliphatic heterocycles. The van der Waals surface area contributed by atoms with E-state index in [1.54, 1.807) is 47.9 Å². The summed E-state index contributed by atoms with van der Waals surface area (Å²) in [6.07, 6.45) is 1.48. The number of ether oxygens (including phenoxy) is 1. The molecule has 0 unspecified atom stereocenters. The zero-order chi connectivity index (χ0) is 26.8. The molecule has 0 aliphatic carbocycles. The van der Waals surface area contributed by atoms with Crippen LogP contribution in [0.25, 0.3) is 33.9 Å². The lowest BCUT2D eigenvalue weighted by atomic mass is 10.1. The Bertz CT molecular complexity index is 1740. The van der Waals surface area contributed by atoms with E-state index in [0.29, 0.717) is 28.2 Å². The summed E-state index contributed by atoms with van der Waals surface area (Å²) in [4.78, 5) is 47.5. The molecule has 5 rings (SSSR count). The molecule has 2 aromatic carbocycles. The zero-order valence-electron chi connectivity index (χ0n) is 20.9. The number of hydrogen-bond acceptors (Lipinski definition) is 8. The molecule has 38 heavy (non-hydrogen) atoms. The lowest BCUT2D eigenvalue weighted by Crippen LogP contribution is -2.23. The molecule has 0 atom stereocenters. The first-order valence-electron chi connectivity index (χ1n) is 11.7. The Morgan fingerprint density at radius 1 is 1.00 bits per heavy atom. The number of esters is 1. The normalized spacial score (nSPS) is 10.9. The number of nitrogens with zero attached hydrogens (tertiary/aromatic N) is 4. The number of aryl methyl sites for hydroxylation is 2. The van der Waals surface area contributed by atoms with Crippen LogP contribution >= 0.6 is 0 Å². The van der Waals surface area contributed by atoms with Gasteiger partial charge in [-0.05, 0) is 38.1 Å². The molecular weight excluding hydrogens is 486 g/mol. The predicted octanol–water partition coefficient (Wildman–Crippen LogP) is 4.16. The molecule has 0 saturated carbocycles. The molecule has 3 aromatic heterocycles. The molecule has 0 saturated heterocycles. The van der Waals surface area contributed by atoms with E-state index in [-0.39, 0.29) is 29.0 Å². The van der Waals surface area contributed by atoms with Crippen molar-refractivity contribution in [3.63, 3.8) is 0 Å². The third-order valence-electron chi connectivity index (χ3n) is 5.95. The zero-order valence-corrected chi connectivity index (χ0v) is 20.9. The number of pyridine rings is 2. The van der Waals surface area contributed by atoms with E-state index >= 15 is 0 Å². The first kappa shape index (κ1) is 24.6. The second kappa shape index (κ2) is 10.1. The highest BCUT2D eigenvalue weighted by molar-refractivity contribution is 6.01. The van der Waals surface area contributed by atoms with Gasteiger partial charge in [0.1, 0.15) is 17.8 Å². The summed E-state index contributed by atoms with van der Waals surface area (Å²) in [7, 11) is 1.27. The van der Waals surface area contributed by atoms with Crippen molar-refractivity contribution in [1.82, 2.24) is 19.7 Å². The smallest absolute Gasteiger partial charge is 0.339 e. The molecule has 1 N–H and O–H groups in total. The van der Waals surface area contributed by atoms with Gasteiger partial charge in [-0.3, -0.25) is 9.59 Å². The monoisotopic (exact) mass is 509 g/mol. The molecule has 0 fully saturated rings. The summed E-state index contributed by atoms with van der Waals surface area (Å²) in [5, 5.41) is 7.07. The Labute approximate surface area is 216 Å². The van der Waals surface area contributed by atoms with Crippen LogP contribution in [0.5, 0.6) is 0 Å². The van der Waals surface area contributed by atoms with Gasteiger partial charge in [-0.1, -0.05) is 47.1 Å². The van der Waals surface area contributed by atoms with Gasteiger partial charge in [0, 0.05) is 17.5 Å². The van der Waals surface area contributed by atoms with Crippen LogP contribution in [-0.4, -0.2) is 38.7 Å². The Morgan fingerprint density at radius 2 is 1.76 bits per heavy atom. The average molecular weight is 510 g/mol. The van der Waals surface area contributed by atoms with Crippen LogP contribution in [0.15, 0.2) is 76.2 Å². The number of para-hydroxylation sites is 1. The highest BCUT2D eigenvalue weighted by Crippen LogP contribution is 2.23. The minimum Gasteiger partial charge on any atom is -0.465 e. The van der Waals surface area contributed by atoms with Gasteiger partial charge in [-0.15, -0.1) is 0 Å². The van der Waals surface area contributed by atoms with Crippen molar-refractivity contribution in [3.05, 3.63) is 93.9 Å². The number of carbonyl (C=O) groups excluding carboxylic acids is 2. The van der Waals surface area contributed by atoms with E-state index in [2.05, 4.69) is 20.4 Å². The summed E-state index contributed by atoms with van der Waals surface area (Å²) in [5.41, 5.74) is 3.15. The number of nitrogens with one attached hydrogen (secondary N) is 1. The van der Waals surface area contributed by atoms with Gasteiger partial charge in [0.2, 0.25) is 17.2 Å². The number of anilines is 1. The summed E-state index contributed by atoms with van der Waals surface area (Å²) in [6, 6.07) is 17.5. The molecule has 190 valence electrons. The number of methoxy groups -OCH3 is 1. The van der Waals surface area contributed by atoms with E-state index in [0.717, 1.165) is 11.1 Å². The van der Waals surface area contributed by atoms with Crippen molar-refractivity contribution in [2.24, 2.45) is 0 Å². The van der Waals surface area contributed by atoms with E-state index in [4.69, 9.17) is 9.26 Å². The standard InChI is InChI=1S/C28H23N5O5/c1-16-8-11-18(12-9-16)25-31-27(38-32-25)21-14-33(26-20(24(21)35)13-10-17(2)29-26)15-23(34)30-22-7-5-4-6-19(22)28(36)37-3/h4-14H,15H2,1-3H3,(H,30,34). The van der Waals surface area contributed by atoms with Crippen molar-refractivity contribution >= 4 is 28.6 Å². The number of amides is 1. The number of hydrogen-bond donors (Lipinski definition) is 1. The van der Waals surface area contributed by atoms with Crippen LogP contribution in [0.3, 0.4) is 0 Å². The van der Waals surface area contributed by atoms with Crippen molar-refractivity contribution in [1.29, 1.82) is 0 Å². The highest BCUT2D eigenvalue weighted by atomic mass is 16.5. The van der Waals surface area contributed by atoms with Gasteiger partial charge in [0.25, 0.3) is 5.89 Å². The van der Waals surface area contributed by atoms with E-state index < -0.39 is 11.9 Å². The van der Waals surface area contributed by atoms with Crippen molar-refractivity contribution in [2.75, 3.05) is 12.4 Å². The molecule has 0 bridgehead atoms. The Balaban J connectivity index is 1.53. The summed E-state index contributed by atoms with van der Waals surface area (Å²) in [5.74, 6) is -0.648. The second-order valence-corrected chi connectivity index (χ2v) is 8.70. The Hall–Kier alpha value is -5.12. The van der Waals surface area contributed by atoms with E-state index in [1.165, 1.54) is 13.3 Å². The molecule has 3 heterocycles. The SMILES string of the molecule is COC(=O)c1ccccc1NC(=O)Cn1cc(-c2nc(-c3ccc(C)cc3)no2)c(=O)c2ccc(C)nc21. The fourth-order valence-electron chi connectivity index (χ4n) is 4.01. The van der Waals surface area contributed by atoms with Gasteiger partial charge in [0.05, 0.1) is 23.7 Å². The topological polar surface area (TPSA) is 129 Å². The maximum atomic E-state index is 13.4. The molecule has 5 aromatic rings. The summed E-state index contributed by atoms with van der Waals surface area (Å²) in [6.45, 7) is 3.57. The van der Waals surface area contributed by atoms with Gasteiger partial charge in [-0.2, -0.15) is 4.98 Å². The largest absolute Gasteiger partial charge is 0.465 e. The number of benzene rings is 2. The molecule has 0 aliphatic rings. The van der Waals surface area contributed by atoms with Crippen molar-refractivity contribution in [3.8, 4) is 22.8 Å². The Morgan fingerprint density at radius 3 is 2.53 bits per heavy atom. The molecule has 0 spiro atoms. The summed E-state index contributed by atoms with van der Waals surface area (Å²) >= 11 is 0. The van der Waals surface area contributed by atoms with Crippen LogP contribution in [0, 0.1) is 13.8 Å². The quantitative estimate of drug-likeness (QED) is 0.338. The minimum absolute atomic E-state index is 0.0262. The van der Waals surface area contributed by atoms with Gasteiger partial charge >= 0.3 is 5.97 Å². The third kappa shape index (κ3) is 4.79.